The van der Waals surface area contributed by atoms with Crippen LogP contribution in [0.15, 0.2) is 158 Å². The number of fused-ring (bicyclic) bond motifs is 12. The number of pyridine rings is 8. The van der Waals surface area contributed by atoms with Gasteiger partial charge in [0.25, 0.3) is 0 Å². The normalized spacial score (nSPS) is 16.0. The summed E-state index contributed by atoms with van der Waals surface area (Å²) in [6.07, 6.45) is 21.0. The van der Waals surface area contributed by atoms with E-state index >= 15 is 0 Å². The van der Waals surface area contributed by atoms with Crippen LogP contribution in [0.5, 0.6) is 0 Å². The first-order valence-electron chi connectivity index (χ1n) is 35.4. The zero-order valence-corrected chi connectivity index (χ0v) is 54.9. The van der Waals surface area contributed by atoms with E-state index in [4.69, 9.17) is 30.0 Å². The number of furan rings is 4. The largest absolute Gasteiger partial charge is 0.438 e. The summed E-state index contributed by atoms with van der Waals surface area (Å²) in [6.45, 7) is 5.97. The SMILES string of the molecule is CC1=c2oc3ncccc3c2=CN(C)B1c1cc(C)cc[n+]1C.[2H]C([2H])([2H])c1c[n+](C)c(B2C(C)=c3oc4ncccc4c3=CN2C)cc1C.[2H]C([2H])([2H])c1ccc(B2C(C)=c3oc4ncccc4c3=CN2C)[n+](C)c1.[2H]C([2H])([2H])c1ccc2c3c(oc2n1)=CN(C)B(c1cccc[n+]1C)C=3C. The van der Waals surface area contributed by atoms with Crippen molar-refractivity contribution in [1.82, 2.24) is 39.2 Å². The lowest BCUT2D eigenvalue weighted by atomic mass is 9.50. The van der Waals surface area contributed by atoms with E-state index in [1.54, 1.807) is 49.2 Å². The molecule has 0 fully saturated rings. The molecule has 16 rings (SSSR count). The molecule has 0 aliphatic carbocycles. The summed E-state index contributed by atoms with van der Waals surface area (Å²) < 4.78 is 101. The molecule has 0 spiro atoms. The molecule has 12 aromatic heterocycles. The van der Waals surface area contributed by atoms with Crippen molar-refractivity contribution < 1.29 is 48.3 Å². The average molecular weight is 1240 g/mol. The van der Waals surface area contributed by atoms with Crippen molar-refractivity contribution in [3.63, 3.8) is 0 Å². The van der Waals surface area contributed by atoms with Crippen LogP contribution >= 0.6 is 0 Å². The number of rotatable bonds is 4. The van der Waals surface area contributed by atoms with Gasteiger partial charge in [0, 0.05) is 121 Å². The fourth-order valence-electron chi connectivity index (χ4n) is 13.9. The standard InChI is InChI=1S/C19H21BN3O.3C18H19BN3O/c1-12-9-17(22(4)10-13(12)2)20-14(3)18-16(11-23(20)5)15-7-6-8-21-19(15)24-18;1-12-7-8-16(21(3)10-12)19-13(2)17-15(11-22(19)4)14-6-5-9-20-18(14)23-17;1-12-7-9-21(3)16(10-12)19-13(2)17-15(11-22(19)4)14-6-5-8-20-18(14)23-17;1-12-8-9-14-17-13(2)19(16-7-5-6-10-21(16)3)22(4)11-15(17)23-18(14)20-12/h6-11H,1-5H3;3*5-11H,1-4H3/q4*+1/i2D3;1D3;;1D3. The number of hydrogen-bond donors (Lipinski definition) is 0. The van der Waals surface area contributed by atoms with Crippen molar-refractivity contribution in [1.29, 1.82) is 0 Å². The molecule has 0 unspecified atom stereocenters. The van der Waals surface area contributed by atoms with Crippen molar-refractivity contribution in [2.24, 2.45) is 28.2 Å². The highest BCUT2D eigenvalue weighted by atomic mass is 16.3. The Hall–Kier alpha value is -10.2. The van der Waals surface area contributed by atoms with Crippen molar-refractivity contribution in [2.75, 3.05) is 28.2 Å². The van der Waals surface area contributed by atoms with E-state index in [1.807, 2.05) is 132 Å². The van der Waals surface area contributed by atoms with Gasteiger partial charge in [-0.3, -0.25) is 0 Å². The number of hydrogen-bond acceptors (Lipinski definition) is 12. The van der Waals surface area contributed by atoms with Gasteiger partial charge < -0.3 is 36.9 Å². The summed E-state index contributed by atoms with van der Waals surface area (Å²) in [6, 6.07) is 31.2. The van der Waals surface area contributed by atoms with Gasteiger partial charge in [-0.15, -0.1) is 0 Å². The second kappa shape index (κ2) is 24.4. The fourth-order valence-corrected chi connectivity index (χ4v) is 13.9. The van der Waals surface area contributed by atoms with Crippen molar-refractivity contribution in [3.8, 4) is 0 Å². The van der Waals surface area contributed by atoms with Crippen LogP contribution in [0.1, 0.15) is 68.0 Å². The van der Waals surface area contributed by atoms with Gasteiger partial charge in [-0.1, -0.05) is 11.5 Å². The minimum absolute atomic E-state index is 0.0429. The third kappa shape index (κ3) is 11.1. The second-order valence-corrected chi connectivity index (χ2v) is 24.8. The smallest absolute Gasteiger partial charge is 0.402 e. The fraction of sp³-hybridized carbons (Fsp3) is 0.233. The zero-order chi connectivity index (χ0) is 72.9. The van der Waals surface area contributed by atoms with Gasteiger partial charge in [-0.2, -0.15) is 0 Å². The Morgan fingerprint density at radius 2 is 0.914 bits per heavy atom. The monoisotopic (exact) mass is 1240 g/mol. The van der Waals surface area contributed by atoms with Crippen LogP contribution < -0.4 is 83.2 Å². The zero-order valence-electron chi connectivity index (χ0n) is 63.9. The van der Waals surface area contributed by atoms with Gasteiger partial charge in [-0.05, 0) is 203 Å². The van der Waals surface area contributed by atoms with E-state index < -0.39 is 20.6 Å². The van der Waals surface area contributed by atoms with Crippen LogP contribution in [-0.2, 0) is 28.2 Å². The lowest BCUT2D eigenvalue weighted by Gasteiger charge is -2.24. The van der Waals surface area contributed by atoms with Crippen molar-refractivity contribution >= 4 is 141 Å². The number of aryl methyl sites for hydroxylation is 9. The molecule has 93 heavy (non-hydrogen) atoms. The van der Waals surface area contributed by atoms with Crippen LogP contribution in [0.3, 0.4) is 0 Å². The highest BCUT2D eigenvalue weighted by Crippen LogP contribution is 2.18. The molecule has 0 radical (unpaired) electrons. The summed E-state index contributed by atoms with van der Waals surface area (Å²) in [7, 11) is 16.1. The highest BCUT2D eigenvalue weighted by Gasteiger charge is 2.39. The van der Waals surface area contributed by atoms with Gasteiger partial charge in [0.05, 0.1) is 0 Å². The Morgan fingerprint density at radius 3 is 1.44 bits per heavy atom. The molecule has 0 atom stereocenters. The maximum atomic E-state index is 7.74. The molecule has 12 aromatic rings. The molecule has 0 aromatic carbocycles. The number of aromatic nitrogens is 8. The molecule has 0 N–H and O–H groups in total. The first-order chi connectivity index (χ1) is 48.3. The maximum absolute atomic E-state index is 7.74. The van der Waals surface area contributed by atoms with Crippen LogP contribution in [-0.4, -0.2) is 94.8 Å². The Labute approximate surface area is 555 Å². The van der Waals surface area contributed by atoms with Crippen LogP contribution in [0, 0.1) is 34.4 Å². The topological polar surface area (TPSA) is 133 Å². The quantitative estimate of drug-likeness (QED) is 0.186. The van der Waals surface area contributed by atoms with Crippen molar-refractivity contribution in [3.05, 3.63) is 211 Å². The van der Waals surface area contributed by atoms with Gasteiger partial charge in [0.2, 0.25) is 22.9 Å². The Morgan fingerprint density at radius 1 is 0.409 bits per heavy atom. The van der Waals surface area contributed by atoms with Crippen molar-refractivity contribution in [2.45, 2.75) is 62.1 Å². The van der Waals surface area contributed by atoms with E-state index in [-0.39, 0.29) is 33.1 Å². The maximum Gasteiger partial charge on any atom is 0.402 e. The van der Waals surface area contributed by atoms with Gasteiger partial charge in [-0.25, -0.2) is 38.2 Å². The minimum Gasteiger partial charge on any atom is -0.438 e. The number of nitrogens with zero attached hydrogens (tertiary/aromatic N) is 12. The van der Waals surface area contributed by atoms with Gasteiger partial charge in [0.15, 0.2) is 52.6 Å². The Balaban J connectivity index is 0.000000122. The highest BCUT2D eigenvalue weighted by molar-refractivity contribution is 6.87. The average Bonchev–Trinajstić information content (AvgIpc) is 1.57. The van der Waals surface area contributed by atoms with E-state index in [9.17, 15) is 0 Å². The molecule has 0 bridgehead atoms. The molecule has 0 saturated heterocycles. The summed E-state index contributed by atoms with van der Waals surface area (Å²) in [5.74, 6) is 0. The van der Waals surface area contributed by atoms with Gasteiger partial charge >= 0.3 is 27.4 Å². The van der Waals surface area contributed by atoms with Crippen LogP contribution in [0.25, 0.3) is 91.1 Å². The molecule has 0 amide bonds. The first kappa shape index (κ1) is 51.4. The predicted molar refractivity (Wildman–Crippen MR) is 374 cm³/mol. The molecule has 16 heterocycles. The Kier molecular flexibility index (Phi) is 13.5. The van der Waals surface area contributed by atoms with E-state index in [0.717, 1.165) is 97.4 Å². The van der Waals surface area contributed by atoms with Crippen LogP contribution in [0.4, 0.5) is 0 Å². The molecule has 20 heteroatoms. The third-order valence-corrected chi connectivity index (χ3v) is 18.4. The molecule has 4 aliphatic heterocycles. The lowest BCUT2D eigenvalue weighted by molar-refractivity contribution is -0.654. The van der Waals surface area contributed by atoms with Crippen LogP contribution in [0.2, 0.25) is 0 Å². The Bertz CT molecular complexity index is 5940. The molecule has 462 valence electrons. The summed E-state index contributed by atoms with van der Waals surface area (Å²) >= 11 is 0. The first-order valence-corrected chi connectivity index (χ1v) is 30.9. The van der Waals surface area contributed by atoms with E-state index in [1.165, 1.54) is 16.6 Å². The molecular weight excluding hydrogens is 1150 g/mol. The third-order valence-electron chi connectivity index (χ3n) is 18.4. The summed E-state index contributed by atoms with van der Waals surface area (Å²) in [5, 5.41) is 8.10. The van der Waals surface area contributed by atoms with E-state index in [0.29, 0.717) is 39.4 Å². The second-order valence-electron chi connectivity index (χ2n) is 24.8. The minimum atomic E-state index is -2.25. The molecule has 16 nitrogen and oxygen atoms in total. The molecule has 0 saturated carbocycles. The molecular formula is C73H78B4N12O4+4. The summed E-state index contributed by atoms with van der Waals surface area (Å²) in [4.78, 5) is 25.9. The predicted octanol–water partition coefficient (Wildman–Crippen LogP) is 1.32. The lowest BCUT2D eigenvalue weighted by Crippen LogP contribution is -2.62. The van der Waals surface area contributed by atoms with Gasteiger partial charge in [0.1, 0.15) is 44.4 Å². The summed E-state index contributed by atoms with van der Waals surface area (Å²) in [5.41, 5.74) is 17.4. The molecule has 4 aliphatic rings. The van der Waals surface area contributed by atoms with E-state index in [2.05, 4.69) is 139 Å².